The number of nitrogens with one attached hydrogen (secondary N) is 3. The van der Waals surface area contributed by atoms with Crippen LogP contribution in [0, 0.1) is 6.92 Å². The molecule has 0 saturated carbocycles. The fourth-order valence-corrected chi connectivity index (χ4v) is 4.79. The van der Waals surface area contributed by atoms with Gasteiger partial charge in [-0.25, -0.2) is 9.78 Å². The molecule has 1 saturated heterocycles. The van der Waals surface area contributed by atoms with Gasteiger partial charge in [-0.05, 0) is 63.3 Å². The molecule has 3 heterocycles. The van der Waals surface area contributed by atoms with Gasteiger partial charge in [0.15, 0.2) is 0 Å². The van der Waals surface area contributed by atoms with Crippen LogP contribution in [0.15, 0.2) is 34.4 Å². The quantitative estimate of drug-likeness (QED) is 0.434. The number of aryl methyl sites for hydroxylation is 1. The van der Waals surface area contributed by atoms with Crippen molar-refractivity contribution in [2.45, 2.75) is 58.7 Å². The van der Waals surface area contributed by atoms with E-state index in [4.69, 9.17) is 4.74 Å². The molecule has 2 aromatic heterocycles. The fraction of sp³-hybridized carbons (Fsp3) is 0.360. The molecule has 1 atom stereocenters. The van der Waals surface area contributed by atoms with Crippen molar-refractivity contribution in [2.75, 3.05) is 5.32 Å². The lowest BCUT2D eigenvalue weighted by Gasteiger charge is -2.24. The van der Waals surface area contributed by atoms with Crippen molar-refractivity contribution < 1.29 is 23.9 Å². The number of carbonyl (C=O) groups is 4. The summed E-state index contributed by atoms with van der Waals surface area (Å²) in [4.78, 5) is 66.9. The molecule has 3 aromatic rings. The van der Waals surface area contributed by atoms with Crippen LogP contribution < -0.4 is 21.5 Å². The Morgan fingerprint density at radius 2 is 2.00 bits per heavy atom. The van der Waals surface area contributed by atoms with Gasteiger partial charge in [0.2, 0.25) is 11.8 Å². The Morgan fingerprint density at radius 1 is 1.24 bits per heavy atom. The van der Waals surface area contributed by atoms with E-state index < -0.39 is 35.1 Å². The molecule has 194 valence electrons. The third kappa shape index (κ3) is 5.85. The Bertz CT molecular complexity index is 1470. The van der Waals surface area contributed by atoms with Crippen LogP contribution >= 0.6 is 11.3 Å². The number of anilines is 1. The second-order valence-electron chi connectivity index (χ2n) is 9.63. The maximum atomic E-state index is 13.3. The van der Waals surface area contributed by atoms with E-state index in [0.717, 1.165) is 5.56 Å². The van der Waals surface area contributed by atoms with Crippen LogP contribution in [0.5, 0.6) is 0 Å². The largest absolute Gasteiger partial charge is 0.444 e. The third-order valence-corrected chi connectivity index (χ3v) is 6.57. The van der Waals surface area contributed by atoms with Crippen LogP contribution in [0.3, 0.4) is 0 Å². The monoisotopic (exact) mass is 525 g/mol. The molecule has 11 nitrogen and oxygen atoms in total. The van der Waals surface area contributed by atoms with Crippen molar-refractivity contribution >= 4 is 51.7 Å². The SMILES string of the molecule is Cc1nc2c(NC(=O)c3cc(CNC(=O)OC(C)(C)C)cs3)cccc2c(=O)n1C1CCC(=O)NC1=O. The van der Waals surface area contributed by atoms with Crippen LogP contribution in [-0.4, -0.2) is 39.0 Å². The lowest BCUT2D eigenvalue weighted by Crippen LogP contribution is -2.45. The maximum absolute atomic E-state index is 13.3. The lowest BCUT2D eigenvalue weighted by molar-refractivity contribution is -0.135. The minimum atomic E-state index is -0.834. The van der Waals surface area contributed by atoms with Gasteiger partial charge in [0, 0.05) is 13.0 Å². The van der Waals surface area contributed by atoms with Gasteiger partial charge in [-0.2, -0.15) is 0 Å². The van der Waals surface area contributed by atoms with Crippen LogP contribution in [-0.2, 0) is 20.9 Å². The number of benzene rings is 1. The van der Waals surface area contributed by atoms with Gasteiger partial charge < -0.3 is 15.4 Å². The summed E-state index contributed by atoms with van der Waals surface area (Å²) in [5, 5.41) is 9.71. The highest BCUT2D eigenvalue weighted by Crippen LogP contribution is 2.25. The number of alkyl carbamates (subject to hydrolysis) is 1. The summed E-state index contributed by atoms with van der Waals surface area (Å²) in [6.45, 7) is 7.12. The van der Waals surface area contributed by atoms with Crippen molar-refractivity contribution in [3.8, 4) is 0 Å². The summed E-state index contributed by atoms with van der Waals surface area (Å²) in [6.07, 6.45) is -0.213. The summed E-state index contributed by atoms with van der Waals surface area (Å²) in [5.41, 5.74) is 0.338. The highest BCUT2D eigenvalue weighted by molar-refractivity contribution is 7.12. The Morgan fingerprint density at radius 3 is 2.70 bits per heavy atom. The van der Waals surface area contributed by atoms with Gasteiger partial charge >= 0.3 is 6.09 Å². The van der Waals surface area contributed by atoms with Crippen molar-refractivity contribution in [2.24, 2.45) is 0 Å². The van der Waals surface area contributed by atoms with Gasteiger partial charge in [-0.3, -0.25) is 29.1 Å². The van der Waals surface area contributed by atoms with Gasteiger partial charge in [0.1, 0.15) is 23.0 Å². The van der Waals surface area contributed by atoms with Crippen molar-refractivity contribution in [1.29, 1.82) is 0 Å². The Labute approximate surface area is 216 Å². The number of para-hydroxylation sites is 1. The molecule has 1 aliphatic rings. The predicted molar refractivity (Wildman–Crippen MR) is 138 cm³/mol. The number of amides is 4. The highest BCUT2D eigenvalue weighted by Gasteiger charge is 2.30. The van der Waals surface area contributed by atoms with Crippen LogP contribution in [0.2, 0.25) is 0 Å². The van der Waals surface area contributed by atoms with Gasteiger partial charge in [0.25, 0.3) is 11.5 Å². The Kier molecular flexibility index (Phi) is 7.12. The van der Waals surface area contributed by atoms with E-state index in [9.17, 15) is 24.0 Å². The van der Waals surface area contributed by atoms with E-state index in [-0.39, 0.29) is 30.7 Å². The molecule has 1 aliphatic heterocycles. The lowest BCUT2D eigenvalue weighted by atomic mass is 10.1. The second-order valence-corrected chi connectivity index (χ2v) is 10.5. The first kappa shape index (κ1) is 26.0. The van der Waals surface area contributed by atoms with E-state index in [1.54, 1.807) is 57.3 Å². The molecule has 1 fully saturated rings. The van der Waals surface area contributed by atoms with E-state index in [2.05, 4.69) is 20.9 Å². The average molecular weight is 526 g/mol. The third-order valence-electron chi connectivity index (χ3n) is 5.59. The number of rotatable bonds is 5. The number of piperidine rings is 1. The zero-order valence-corrected chi connectivity index (χ0v) is 21.7. The first-order valence-electron chi connectivity index (χ1n) is 11.6. The fourth-order valence-electron chi connectivity index (χ4n) is 3.99. The second kappa shape index (κ2) is 10.1. The molecule has 0 spiro atoms. The Balaban J connectivity index is 1.53. The van der Waals surface area contributed by atoms with Crippen LogP contribution in [0.1, 0.15) is 60.7 Å². The number of aromatic nitrogens is 2. The van der Waals surface area contributed by atoms with Crippen molar-refractivity contribution in [3.05, 3.63) is 56.3 Å². The zero-order chi connectivity index (χ0) is 26.9. The molecule has 1 unspecified atom stereocenters. The van der Waals surface area contributed by atoms with E-state index in [1.807, 2.05) is 0 Å². The molecule has 1 aromatic carbocycles. The molecule has 0 radical (unpaired) electrons. The first-order valence-corrected chi connectivity index (χ1v) is 12.5. The summed E-state index contributed by atoms with van der Waals surface area (Å²) >= 11 is 1.21. The smallest absolute Gasteiger partial charge is 0.407 e. The molecule has 0 bridgehead atoms. The number of fused-ring (bicyclic) bond motifs is 1. The maximum Gasteiger partial charge on any atom is 0.407 e. The predicted octanol–water partition coefficient (Wildman–Crippen LogP) is 3.02. The number of thiophene rings is 1. The number of ether oxygens (including phenoxy) is 1. The molecule has 4 amide bonds. The number of carbonyl (C=O) groups excluding carboxylic acids is 4. The minimum absolute atomic E-state index is 0.131. The van der Waals surface area contributed by atoms with Gasteiger partial charge in [-0.1, -0.05) is 6.07 Å². The molecule has 3 N–H and O–H groups in total. The van der Waals surface area contributed by atoms with E-state index in [1.165, 1.54) is 15.9 Å². The van der Waals surface area contributed by atoms with Gasteiger partial charge in [0.05, 0.1) is 16.0 Å². The normalized spacial score (nSPS) is 15.8. The molecule has 4 rings (SSSR count). The molecule has 0 aliphatic carbocycles. The highest BCUT2D eigenvalue weighted by atomic mass is 32.1. The van der Waals surface area contributed by atoms with E-state index in [0.29, 0.717) is 21.9 Å². The number of imide groups is 1. The zero-order valence-electron chi connectivity index (χ0n) is 20.8. The molecule has 37 heavy (non-hydrogen) atoms. The van der Waals surface area contributed by atoms with Crippen LogP contribution in [0.4, 0.5) is 10.5 Å². The van der Waals surface area contributed by atoms with Crippen molar-refractivity contribution in [1.82, 2.24) is 20.2 Å². The molecular weight excluding hydrogens is 498 g/mol. The summed E-state index contributed by atoms with van der Waals surface area (Å²) in [5.74, 6) is -1.01. The summed E-state index contributed by atoms with van der Waals surface area (Å²) in [7, 11) is 0. The van der Waals surface area contributed by atoms with Gasteiger partial charge in [-0.15, -0.1) is 11.3 Å². The molecule has 12 heteroatoms. The number of hydrogen-bond donors (Lipinski definition) is 3. The number of nitrogens with zero attached hydrogens (tertiary/aromatic N) is 2. The number of hydrogen-bond acceptors (Lipinski definition) is 8. The molecular formula is C25H27N5O6S. The summed E-state index contributed by atoms with van der Waals surface area (Å²) < 4.78 is 6.50. The minimum Gasteiger partial charge on any atom is -0.444 e. The average Bonchev–Trinajstić information content (AvgIpc) is 3.28. The Hall–Kier alpha value is -4.06. The standard InChI is InChI=1S/C25H27N5O6S/c1-13-27-20-15(23(34)30(13)17-8-9-19(31)29-21(17)32)6-5-7-16(20)28-22(33)18-10-14(12-37-18)11-26-24(35)36-25(2,3)4/h5-7,10,12,17H,8-9,11H2,1-4H3,(H,26,35)(H,28,33)(H,29,31,32). The topological polar surface area (TPSA) is 148 Å². The van der Waals surface area contributed by atoms with Crippen LogP contribution in [0.25, 0.3) is 10.9 Å². The van der Waals surface area contributed by atoms with E-state index >= 15 is 0 Å². The van der Waals surface area contributed by atoms with Crippen molar-refractivity contribution in [3.63, 3.8) is 0 Å². The summed E-state index contributed by atoms with van der Waals surface area (Å²) in [6, 6.07) is 5.67. The first-order chi connectivity index (χ1) is 17.4.